The average Bonchev–Trinajstić information content (AvgIpc) is 2.19. The summed E-state index contributed by atoms with van der Waals surface area (Å²) in [5, 5.41) is 0. The molecule has 0 unspecified atom stereocenters. The van der Waals surface area contributed by atoms with E-state index in [4.69, 9.17) is 4.74 Å². The molecule has 0 aliphatic carbocycles. The van der Waals surface area contributed by atoms with Gasteiger partial charge in [-0.2, -0.15) is 0 Å². The second kappa shape index (κ2) is 5.62. The van der Waals surface area contributed by atoms with Gasteiger partial charge in [0.2, 0.25) is 0 Å². The highest BCUT2D eigenvalue weighted by Gasteiger charge is 2.06. The Labute approximate surface area is 80.7 Å². The number of methoxy groups -OCH3 is 1. The number of halogens is 2. The molecule has 0 saturated heterocycles. The Morgan fingerprint density at radius 3 is 2.71 bits per heavy atom. The molecule has 0 fully saturated rings. The van der Waals surface area contributed by atoms with E-state index in [1.807, 2.05) is 0 Å². The van der Waals surface area contributed by atoms with Crippen LogP contribution >= 0.6 is 0 Å². The minimum atomic E-state index is -2.48. The summed E-state index contributed by atoms with van der Waals surface area (Å²) in [6.45, 7) is 0.426. The van der Waals surface area contributed by atoms with Crippen molar-refractivity contribution in [2.75, 3.05) is 13.9 Å². The van der Waals surface area contributed by atoms with E-state index >= 15 is 0 Å². The predicted molar refractivity (Wildman–Crippen MR) is 45.9 cm³/mol. The Balaban J connectivity index is 2.47. The third-order valence-corrected chi connectivity index (χ3v) is 1.55. The van der Waals surface area contributed by atoms with Gasteiger partial charge in [-0.25, -0.2) is 8.78 Å². The lowest BCUT2D eigenvalue weighted by Gasteiger charge is -2.03. The maximum Gasteiger partial charge on any atom is 0.265 e. The van der Waals surface area contributed by atoms with Crippen LogP contribution in [0.1, 0.15) is 17.7 Å². The number of ether oxygens (including phenoxy) is 2. The highest BCUT2D eigenvalue weighted by atomic mass is 19.3. The van der Waals surface area contributed by atoms with Crippen LogP contribution < -0.4 is 0 Å². The van der Waals surface area contributed by atoms with Gasteiger partial charge in [-0.1, -0.05) is 0 Å². The maximum atomic E-state index is 12.1. The van der Waals surface area contributed by atoms with Crippen molar-refractivity contribution in [3.8, 4) is 0 Å². The smallest absolute Gasteiger partial charge is 0.265 e. The number of nitrogens with zero attached hydrogens (tertiary/aromatic N) is 1. The van der Waals surface area contributed by atoms with Crippen LogP contribution in [-0.2, 0) is 16.1 Å². The van der Waals surface area contributed by atoms with E-state index in [0.29, 0.717) is 5.69 Å². The second-order valence-electron chi connectivity index (χ2n) is 2.64. The van der Waals surface area contributed by atoms with Crippen molar-refractivity contribution >= 4 is 0 Å². The van der Waals surface area contributed by atoms with Crippen LogP contribution in [0.4, 0.5) is 8.78 Å². The molecule has 0 bridgehead atoms. The number of hydrogen-bond donors (Lipinski definition) is 0. The SMILES string of the molecule is COCOCc1ccc(C(F)F)cn1. The van der Waals surface area contributed by atoms with Crippen LogP contribution in [0.15, 0.2) is 18.3 Å². The van der Waals surface area contributed by atoms with Gasteiger partial charge in [0.05, 0.1) is 12.3 Å². The van der Waals surface area contributed by atoms with Crippen LogP contribution in [-0.4, -0.2) is 18.9 Å². The van der Waals surface area contributed by atoms with Gasteiger partial charge in [0.15, 0.2) is 0 Å². The normalized spacial score (nSPS) is 10.9. The molecule has 1 heterocycles. The molecular weight excluding hydrogens is 192 g/mol. The van der Waals surface area contributed by atoms with Crippen molar-refractivity contribution in [3.05, 3.63) is 29.6 Å². The number of rotatable bonds is 5. The van der Waals surface area contributed by atoms with Crippen molar-refractivity contribution < 1.29 is 18.3 Å². The van der Waals surface area contributed by atoms with Crippen LogP contribution in [0.2, 0.25) is 0 Å². The summed E-state index contributed by atoms with van der Waals surface area (Å²) in [5.41, 5.74) is 0.520. The number of pyridine rings is 1. The fourth-order valence-electron chi connectivity index (χ4n) is 0.880. The first-order chi connectivity index (χ1) is 6.74. The van der Waals surface area contributed by atoms with E-state index in [1.54, 1.807) is 0 Å². The zero-order valence-electron chi connectivity index (χ0n) is 7.74. The number of alkyl halides is 2. The lowest BCUT2D eigenvalue weighted by molar-refractivity contribution is -0.0401. The van der Waals surface area contributed by atoms with Gasteiger partial charge in [-0.3, -0.25) is 4.98 Å². The van der Waals surface area contributed by atoms with E-state index in [-0.39, 0.29) is 19.0 Å². The minimum Gasteiger partial charge on any atom is -0.359 e. The lowest BCUT2D eigenvalue weighted by atomic mass is 10.2. The lowest BCUT2D eigenvalue weighted by Crippen LogP contribution is -1.99. The predicted octanol–water partition coefficient (Wildman–Crippen LogP) is 2.14. The van der Waals surface area contributed by atoms with Gasteiger partial charge < -0.3 is 9.47 Å². The fourth-order valence-corrected chi connectivity index (χ4v) is 0.880. The van der Waals surface area contributed by atoms with Crippen molar-refractivity contribution in [3.63, 3.8) is 0 Å². The molecule has 3 nitrogen and oxygen atoms in total. The van der Waals surface area contributed by atoms with E-state index in [2.05, 4.69) is 9.72 Å². The molecule has 0 aliphatic rings. The van der Waals surface area contributed by atoms with E-state index < -0.39 is 6.43 Å². The van der Waals surface area contributed by atoms with Crippen LogP contribution in [0.25, 0.3) is 0 Å². The highest BCUT2D eigenvalue weighted by molar-refractivity contribution is 5.14. The van der Waals surface area contributed by atoms with Gasteiger partial charge in [-0.05, 0) is 12.1 Å². The standard InChI is InChI=1S/C9H11F2NO2/c1-13-6-14-5-8-3-2-7(4-12-8)9(10)11/h2-4,9H,5-6H2,1H3. The summed E-state index contributed by atoms with van der Waals surface area (Å²) >= 11 is 0. The van der Waals surface area contributed by atoms with E-state index in [9.17, 15) is 8.78 Å². The fraction of sp³-hybridized carbons (Fsp3) is 0.444. The summed E-state index contributed by atoms with van der Waals surface area (Å²) < 4.78 is 33.9. The van der Waals surface area contributed by atoms with Crippen LogP contribution in [0.3, 0.4) is 0 Å². The van der Waals surface area contributed by atoms with Gasteiger partial charge in [-0.15, -0.1) is 0 Å². The molecule has 0 aliphatic heterocycles. The zero-order valence-corrected chi connectivity index (χ0v) is 7.74. The van der Waals surface area contributed by atoms with Gasteiger partial charge in [0.25, 0.3) is 6.43 Å². The third kappa shape index (κ3) is 3.35. The zero-order chi connectivity index (χ0) is 10.4. The van der Waals surface area contributed by atoms with Crippen molar-refractivity contribution in [2.24, 2.45) is 0 Å². The Hall–Kier alpha value is -1.07. The molecule has 0 radical (unpaired) electrons. The quantitative estimate of drug-likeness (QED) is 0.542. The molecule has 5 heteroatoms. The molecule has 1 rings (SSSR count). The largest absolute Gasteiger partial charge is 0.359 e. The first kappa shape index (κ1) is 11.0. The first-order valence-corrected chi connectivity index (χ1v) is 4.03. The summed E-state index contributed by atoms with van der Waals surface area (Å²) in [6, 6.07) is 2.85. The second-order valence-corrected chi connectivity index (χ2v) is 2.64. The molecule has 14 heavy (non-hydrogen) atoms. The summed E-state index contributed by atoms with van der Waals surface area (Å²) in [7, 11) is 1.51. The molecule has 0 atom stereocenters. The van der Waals surface area contributed by atoms with Gasteiger partial charge in [0.1, 0.15) is 6.79 Å². The molecule has 78 valence electrons. The molecule has 0 saturated carbocycles. The Morgan fingerprint density at radius 2 is 2.21 bits per heavy atom. The Bertz CT molecular complexity index is 264. The topological polar surface area (TPSA) is 31.4 Å². The minimum absolute atomic E-state index is 0.0829. The van der Waals surface area contributed by atoms with Crippen LogP contribution in [0.5, 0.6) is 0 Å². The van der Waals surface area contributed by atoms with Crippen molar-refractivity contribution in [1.82, 2.24) is 4.98 Å². The monoisotopic (exact) mass is 203 g/mol. The summed E-state index contributed by atoms with van der Waals surface area (Å²) in [4.78, 5) is 3.81. The Morgan fingerprint density at radius 1 is 1.43 bits per heavy atom. The summed E-state index contributed by atoms with van der Waals surface area (Å²) in [6.07, 6.45) is -1.33. The summed E-state index contributed by atoms with van der Waals surface area (Å²) in [5.74, 6) is 0. The molecular formula is C9H11F2NO2. The van der Waals surface area contributed by atoms with Crippen molar-refractivity contribution in [1.29, 1.82) is 0 Å². The van der Waals surface area contributed by atoms with Gasteiger partial charge in [0, 0.05) is 18.9 Å². The molecule has 0 N–H and O–H groups in total. The molecule has 0 aromatic carbocycles. The number of aromatic nitrogens is 1. The number of hydrogen-bond acceptors (Lipinski definition) is 3. The van der Waals surface area contributed by atoms with Gasteiger partial charge >= 0.3 is 0 Å². The average molecular weight is 203 g/mol. The first-order valence-electron chi connectivity index (χ1n) is 4.03. The van der Waals surface area contributed by atoms with Crippen molar-refractivity contribution in [2.45, 2.75) is 13.0 Å². The Kier molecular flexibility index (Phi) is 4.42. The molecule has 1 aromatic heterocycles. The maximum absolute atomic E-state index is 12.1. The van der Waals surface area contributed by atoms with E-state index in [0.717, 1.165) is 6.20 Å². The highest BCUT2D eigenvalue weighted by Crippen LogP contribution is 2.17. The van der Waals surface area contributed by atoms with E-state index in [1.165, 1.54) is 19.2 Å². The molecule has 1 aromatic rings. The molecule has 0 spiro atoms. The third-order valence-electron chi connectivity index (χ3n) is 1.55. The van der Waals surface area contributed by atoms with Crippen LogP contribution in [0, 0.1) is 0 Å². The molecule has 0 amide bonds.